The van der Waals surface area contributed by atoms with E-state index < -0.39 is 0 Å². The van der Waals surface area contributed by atoms with Crippen LogP contribution in [0.2, 0.25) is 0 Å². The zero-order chi connectivity index (χ0) is 22.6. The fourth-order valence-corrected chi connectivity index (χ4v) is 5.66. The molecule has 166 valence electrons. The number of nitrogens with zero attached hydrogens (tertiary/aromatic N) is 4. The van der Waals surface area contributed by atoms with Crippen molar-refractivity contribution in [2.75, 3.05) is 12.4 Å². The normalized spacial score (nSPS) is 11.0. The molecule has 0 saturated carbocycles. The number of thiophene rings is 1. The Bertz CT molecular complexity index is 1340. The van der Waals surface area contributed by atoms with Crippen molar-refractivity contribution >= 4 is 45.3 Å². The van der Waals surface area contributed by atoms with Crippen LogP contribution in [0.4, 0.5) is 10.8 Å². The minimum absolute atomic E-state index is 0.684. The van der Waals surface area contributed by atoms with Crippen molar-refractivity contribution in [3.63, 3.8) is 0 Å². The maximum absolute atomic E-state index is 5.63. The largest absolute Gasteiger partial charge is 0.495 e. The Labute approximate surface area is 204 Å². The van der Waals surface area contributed by atoms with Gasteiger partial charge in [0.2, 0.25) is 0 Å². The first-order valence-corrected chi connectivity index (χ1v) is 13.0. The van der Waals surface area contributed by atoms with Gasteiger partial charge in [-0.05, 0) is 42.6 Å². The molecule has 5 aromatic rings. The van der Waals surface area contributed by atoms with E-state index in [1.165, 1.54) is 5.56 Å². The highest BCUT2D eigenvalue weighted by Gasteiger charge is 2.20. The summed E-state index contributed by atoms with van der Waals surface area (Å²) in [5.41, 5.74) is 4.17. The van der Waals surface area contributed by atoms with Gasteiger partial charge in [-0.3, -0.25) is 4.57 Å². The quantitative estimate of drug-likeness (QED) is 0.241. The molecule has 0 radical (unpaired) electrons. The average molecular weight is 492 g/mol. The molecule has 2 aromatic carbocycles. The Morgan fingerprint density at radius 2 is 1.85 bits per heavy atom. The summed E-state index contributed by atoms with van der Waals surface area (Å²) in [5.74, 6) is 2.26. The molecule has 3 heterocycles. The van der Waals surface area contributed by atoms with Crippen LogP contribution in [0.1, 0.15) is 11.3 Å². The van der Waals surface area contributed by atoms with Crippen LogP contribution >= 0.6 is 34.4 Å². The van der Waals surface area contributed by atoms with E-state index in [0.29, 0.717) is 5.75 Å². The first kappa shape index (κ1) is 21.7. The van der Waals surface area contributed by atoms with Gasteiger partial charge in [-0.2, -0.15) is 0 Å². The number of anilines is 2. The predicted octanol–water partition coefficient (Wildman–Crippen LogP) is 6.81. The molecule has 0 spiro atoms. The van der Waals surface area contributed by atoms with E-state index in [0.717, 1.165) is 43.8 Å². The molecule has 0 bridgehead atoms. The van der Waals surface area contributed by atoms with Crippen LogP contribution in [0.15, 0.2) is 76.6 Å². The zero-order valence-corrected chi connectivity index (χ0v) is 20.5. The van der Waals surface area contributed by atoms with E-state index in [4.69, 9.17) is 9.72 Å². The molecular weight excluding hydrogens is 470 g/mol. The number of para-hydroxylation sites is 2. The molecule has 0 aliphatic heterocycles. The van der Waals surface area contributed by atoms with Gasteiger partial charge in [0.15, 0.2) is 16.1 Å². The molecule has 0 amide bonds. The number of methoxy groups -OCH3 is 1. The second-order valence-corrected chi connectivity index (χ2v) is 9.96. The number of nitrogens with one attached hydrogen (secondary N) is 1. The third-order valence-corrected chi connectivity index (χ3v) is 7.54. The summed E-state index contributed by atoms with van der Waals surface area (Å²) in [6, 6.07) is 20.3. The molecule has 0 fully saturated rings. The van der Waals surface area contributed by atoms with E-state index in [2.05, 4.69) is 62.7 Å². The highest BCUT2D eigenvalue weighted by Crippen LogP contribution is 2.35. The lowest BCUT2D eigenvalue weighted by Crippen LogP contribution is -2.02. The molecule has 0 unspecified atom stereocenters. The monoisotopic (exact) mass is 491 g/mol. The maximum Gasteiger partial charge on any atom is 0.196 e. The average Bonchev–Trinajstić information content (AvgIpc) is 3.60. The molecule has 0 aliphatic carbocycles. The molecule has 9 heteroatoms. The number of hydrogen-bond donors (Lipinski definition) is 1. The topological polar surface area (TPSA) is 64.9 Å². The van der Waals surface area contributed by atoms with Crippen LogP contribution in [-0.2, 0) is 5.75 Å². The van der Waals surface area contributed by atoms with E-state index >= 15 is 0 Å². The number of aryl methyl sites for hydroxylation is 1. The summed E-state index contributed by atoms with van der Waals surface area (Å²) in [6.07, 6.45) is 0. The van der Waals surface area contributed by atoms with Crippen molar-refractivity contribution in [1.82, 2.24) is 19.7 Å². The molecule has 5 rings (SSSR count). The van der Waals surface area contributed by atoms with Gasteiger partial charge in [0.1, 0.15) is 5.75 Å². The Hall–Kier alpha value is -3.14. The summed E-state index contributed by atoms with van der Waals surface area (Å²) in [4.78, 5) is 5.80. The van der Waals surface area contributed by atoms with Gasteiger partial charge in [-0.25, -0.2) is 4.98 Å². The first-order chi connectivity index (χ1) is 16.2. The van der Waals surface area contributed by atoms with Crippen molar-refractivity contribution < 1.29 is 4.74 Å². The predicted molar refractivity (Wildman–Crippen MR) is 137 cm³/mol. The summed E-state index contributed by atoms with van der Waals surface area (Å²) < 4.78 is 7.69. The third kappa shape index (κ3) is 4.80. The zero-order valence-electron chi connectivity index (χ0n) is 18.1. The van der Waals surface area contributed by atoms with Crippen molar-refractivity contribution in [2.45, 2.75) is 17.8 Å². The number of aromatic nitrogens is 4. The number of hydrogen-bond acceptors (Lipinski definition) is 8. The number of rotatable bonds is 8. The second-order valence-electron chi connectivity index (χ2n) is 7.21. The summed E-state index contributed by atoms with van der Waals surface area (Å²) in [7, 11) is 1.68. The lowest BCUT2D eigenvalue weighted by atomic mass is 10.2. The maximum atomic E-state index is 5.63. The van der Waals surface area contributed by atoms with Gasteiger partial charge in [-0.1, -0.05) is 47.7 Å². The van der Waals surface area contributed by atoms with E-state index in [9.17, 15) is 0 Å². The van der Waals surface area contributed by atoms with Gasteiger partial charge in [0.25, 0.3) is 0 Å². The SMILES string of the molecule is COc1ccccc1-n1c(SCc2csc(Nc3ccc(C)cc3)n2)nnc1-c1cccs1. The fraction of sp³-hybridized carbons (Fsp3) is 0.125. The molecule has 33 heavy (non-hydrogen) atoms. The highest BCUT2D eigenvalue weighted by molar-refractivity contribution is 7.98. The molecule has 6 nitrogen and oxygen atoms in total. The van der Waals surface area contributed by atoms with Gasteiger partial charge >= 0.3 is 0 Å². The smallest absolute Gasteiger partial charge is 0.196 e. The van der Waals surface area contributed by atoms with Gasteiger partial charge in [-0.15, -0.1) is 32.9 Å². The minimum atomic E-state index is 0.684. The van der Waals surface area contributed by atoms with Crippen molar-refractivity contribution in [3.05, 3.63) is 82.7 Å². The van der Waals surface area contributed by atoms with Crippen molar-refractivity contribution in [3.8, 4) is 22.1 Å². The van der Waals surface area contributed by atoms with Crippen LogP contribution in [0.5, 0.6) is 5.75 Å². The number of thioether (sulfide) groups is 1. The lowest BCUT2D eigenvalue weighted by Gasteiger charge is -2.13. The fourth-order valence-electron chi connectivity index (χ4n) is 3.29. The van der Waals surface area contributed by atoms with E-state index in [-0.39, 0.29) is 0 Å². The molecule has 0 atom stereocenters. The van der Waals surface area contributed by atoms with E-state index in [1.54, 1.807) is 41.5 Å². The standard InChI is InChI=1S/C24H21N5OS3/c1-16-9-11-17(12-10-16)25-23-26-18(14-32-23)15-33-24-28-27-22(21-8-5-13-31-21)29(24)19-6-3-4-7-20(19)30-2/h3-14H,15H2,1-2H3,(H,25,26). The second kappa shape index (κ2) is 9.78. The van der Waals surface area contributed by atoms with Crippen LogP contribution in [0.25, 0.3) is 16.4 Å². The summed E-state index contributed by atoms with van der Waals surface area (Å²) in [5, 5.41) is 18.2. The lowest BCUT2D eigenvalue weighted by molar-refractivity contribution is 0.412. The number of thiazole rings is 1. The van der Waals surface area contributed by atoms with Crippen LogP contribution < -0.4 is 10.1 Å². The molecule has 0 saturated heterocycles. The van der Waals surface area contributed by atoms with Crippen LogP contribution in [-0.4, -0.2) is 26.9 Å². The van der Waals surface area contributed by atoms with Gasteiger partial charge in [0.05, 0.1) is 23.4 Å². The van der Waals surface area contributed by atoms with Crippen molar-refractivity contribution in [2.24, 2.45) is 0 Å². The van der Waals surface area contributed by atoms with Crippen LogP contribution in [0.3, 0.4) is 0 Å². The molecule has 0 aliphatic rings. The Morgan fingerprint density at radius 1 is 1.00 bits per heavy atom. The Balaban J connectivity index is 1.39. The summed E-state index contributed by atoms with van der Waals surface area (Å²) >= 11 is 4.84. The number of benzene rings is 2. The molecule has 3 aromatic heterocycles. The molecule has 1 N–H and O–H groups in total. The first-order valence-electron chi connectivity index (χ1n) is 10.2. The molecular formula is C24H21N5OS3. The van der Waals surface area contributed by atoms with Crippen LogP contribution in [0, 0.1) is 6.92 Å². The van der Waals surface area contributed by atoms with E-state index in [1.807, 2.05) is 35.7 Å². The highest BCUT2D eigenvalue weighted by atomic mass is 32.2. The minimum Gasteiger partial charge on any atom is -0.495 e. The van der Waals surface area contributed by atoms with Gasteiger partial charge < -0.3 is 10.1 Å². The third-order valence-electron chi connectivity index (χ3n) is 4.90. The Kier molecular flexibility index (Phi) is 6.43. The Morgan fingerprint density at radius 3 is 2.64 bits per heavy atom. The summed E-state index contributed by atoms with van der Waals surface area (Å²) in [6.45, 7) is 2.08. The van der Waals surface area contributed by atoms with Gasteiger partial charge in [0, 0.05) is 16.8 Å². The van der Waals surface area contributed by atoms with Crippen molar-refractivity contribution in [1.29, 1.82) is 0 Å². The number of ether oxygens (including phenoxy) is 1.